The third-order valence-electron chi connectivity index (χ3n) is 4.09. The molecule has 1 aromatic heterocycles. The Hall–Kier alpha value is -2.14. The Labute approximate surface area is 133 Å². The minimum atomic E-state index is -0.829. The van der Waals surface area contributed by atoms with E-state index < -0.39 is 11.9 Å². The van der Waals surface area contributed by atoms with Gasteiger partial charge in [0.15, 0.2) is 0 Å². The lowest BCUT2D eigenvalue weighted by Crippen LogP contribution is -2.45. The van der Waals surface area contributed by atoms with Gasteiger partial charge in [-0.2, -0.15) is 0 Å². The molecule has 2 aromatic rings. The molecule has 2 heterocycles. The van der Waals surface area contributed by atoms with Crippen molar-refractivity contribution in [3.8, 4) is 0 Å². The molecule has 1 N–H and O–H groups in total. The Morgan fingerprint density at radius 2 is 1.86 bits per heavy atom. The van der Waals surface area contributed by atoms with Gasteiger partial charge in [0.05, 0.1) is 10.8 Å². The summed E-state index contributed by atoms with van der Waals surface area (Å²) in [6.45, 7) is 0.861. The van der Waals surface area contributed by atoms with E-state index in [0.29, 0.717) is 17.8 Å². The molecule has 1 amide bonds. The molecule has 1 fully saturated rings. The number of carbonyl (C=O) groups is 2. The highest BCUT2D eigenvalue weighted by Gasteiger charge is 2.34. The molecular weight excluding hydrogens is 298 g/mol. The van der Waals surface area contributed by atoms with Crippen molar-refractivity contribution >= 4 is 23.2 Å². The monoisotopic (exact) mass is 315 g/mol. The average molecular weight is 315 g/mol. The van der Waals surface area contributed by atoms with Crippen LogP contribution in [0.25, 0.3) is 0 Å². The van der Waals surface area contributed by atoms with E-state index in [2.05, 4.69) is 0 Å². The minimum absolute atomic E-state index is 0.0677. The molecule has 0 radical (unpaired) electrons. The Balaban J connectivity index is 1.84. The van der Waals surface area contributed by atoms with Crippen molar-refractivity contribution in [3.05, 3.63) is 58.3 Å². The number of nitrogens with zero attached hydrogens (tertiary/aromatic N) is 1. The Morgan fingerprint density at radius 3 is 2.50 bits per heavy atom. The fourth-order valence-electron chi connectivity index (χ4n) is 2.97. The number of amides is 1. The van der Waals surface area contributed by atoms with Gasteiger partial charge in [-0.25, -0.2) is 0 Å². The predicted molar refractivity (Wildman–Crippen MR) is 85.1 cm³/mol. The van der Waals surface area contributed by atoms with Crippen molar-refractivity contribution in [2.45, 2.75) is 12.3 Å². The molecule has 0 saturated carbocycles. The smallest absolute Gasteiger partial charge is 0.308 e. The van der Waals surface area contributed by atoms with E-state index in [1.807, 2.05) is 41.8 Å². The molecule has 1 saturated heterocycles. The molecule has 2 atom stereocenters. The molecule has 0 bridgehead atoms. The maximum absolute atomic E-state index is 12.5. The summed E-state index contributed by atoms with van der Waals surface area (Å²) in [6.07, 6.45) is 0.577. The molecule has 1 aromatic carbocycles. The summed E-state index contributed by atoms with van der Waals surface area (Å²) in [7, 11) is 0. The van der Waals surface area contributed by atoms with Crippen LogP contribution in [-0.4, -0.2) is 35.0 Å². The lowest BCUT2D eigenvalue weighted by molar-refractivity contribution is -0.143. The van der Waals surface area contributed by atoms with E-state index in [1.165, 1.54) is 11.3 Å². The van der Waals surface area contributed by atoms with Crippen molar-refractivity contribution in [2.24, 2.45) is 5.92 Å². The van der Waals surface area contributed by atoms with E-state index >= 15 is 0 Å². The first-order chi connectivity index (χ1) is 10.6. The van der Waals surface area contributed by atoms with Crippen LogP contribution in [-0.2, 0) is 4.79 Å². The molecule has 3 rings (SSSR count). The molecule has 1 aliphatic rings. The zero-order valence-corrected chi connectivity index (χ0v) is 12.8. The molecule has 114 valence electrons. The number of hydrogen-bond donors (Lipinski definition) is 1. The molecule has 22 heavy (non-hydrogen) atoms. The highest BCUT2D eigenvalue weighted by molar-refractivity contribution is 7.12. The lowest BCUT2D eigenvalue weighted by Gasteiger charge is -2.36. The number of aliphatic carboxylic acids is 1. The average Bonchev–Trinajstić information content (AvgIpc) is 3.09. The number of piperidine rings is 1. The van der Waals surface area contributed by atoms with Gasteiger partial charge in [0.2, 0.25) is 0 Å². The van der Waals surface area contributed by atoms with Crippen molar-refractivity contribution < 1.29 is 14.7 Å². The van der Waals surface area contributed by atoms with Gasteiger partial charge in [0.25, 0.3) is 5.91 Å². The summed E-state index contributed by atoms with van der Waals surface area (Å²) in [5.74, 6) is -1.34. The standard InChI is InChI=1S/C17H17NO3S/c19-16(15-7-4-8-22-15)18-10-13(9-14(11-18)17(20)21)12-5-2-1-3-6-12/h1-8,13-14H,9-11H2,(H,20,21). The van der Waals surface area contributed by atoms with Crippen molar-refractivity contribution in [2.75, 3.05) is 13.1 Å². The van der Waals surface area contributed by atoms with Gasteiger partial charge in [-0.3, -0.25) is 9.59 Å². The first-order valence-corrected chi connectivity index (χ1v) is 8.13. The fraction of sp³-hybridized carbons (Fsp3) is 0.294. The highest BCUT2D eigenvalue weighted by atomic mass is 32.1. The summed E-state index contributed by atoms with van der Waals surface area (Å²) in [6, 6.07) is 13.5. The van der Waals surface area contributed by atoms with Crippen LogP contribution in [0, 0.1) is 5.92 Å². The summed E-state index contributed by atoms with van der Waals surface area (Å²) in [4.78, 5) is 26.4. The first-order valence-electron chi connectivity index (χ1n) is 7.25. The second-order valence-electron chi connectivity index (χ2n) is 5.57. The van der Waals surface area contributed by atoms with Gasteiger partial charge in [-0.15, -0.1) is 11.3 Å². The summed E-state index contributed by atoms with van der Waals surface area (Å²) >= 11 is 1.39. The topological polar surface area (TPSA) is 57.6 Å². The number of carboxylic acids is 1. The van der Waals surface area contributed by atoms with Gasteiger partial charge in [-0.1, -0.05) is 36.4 Å². The van der Waals surface area contributed by atoms with Crippen molar-refractivity contribution in [1.82, 2.24) is 4.90 Å². The molecule has 0 aliphatic carbocycles. The zero-order valence-electron chi connectivity index (χ0n) is 12.0. The lowest BCUT2D eigenvalue weighted by atomic mass is 9.84. The van der Waals surface area contributed by atoms with E-state index in [0.717, 1.165) is 5.56 Å². The van der Waals surface area contributed by atoms with Gasteiger partial charge >= 0.3 is 5.97 Å². The highest BCUT2D eigenvalue weighted by Crippen LogP contribution is 2.31. The van der Waals surface area contributed by atoms with Crippen LogP contribution in [0.3, 0.4) is 0 Å². The number of thiophene rings is 1. The second-order valence-corrected chi connectivity index (χ2v) is 6.51. The molecule has 1 aliphatic heterocycles. The second kappa shape index (κ2) is 6.32. The number of hydrogen-bond acceptors (Lipinski definition) is 3. The number of rotatable bonds is 3. The van der Waals surface area contributed by atoms with Gasteiger partial charge in [0, 0.05) is 19.0 Å². The predicted octanol–water partition coefficient (Wildman–Crippen LogP) is 3.08. The van der Waals surface area contributed by atoms with Crippen molar-refractivity contribution in [1.29, 1.82) is 0 Å². The maximum Gasteiger partial charge on any atom is 0.308 e. The normalized spacial score (nSPS) is 21.5. The Morgan fingerprint density at radius 1 is 1.09 bits per heavy atom. The van der Waals surface area contributed by atoms with Crippen LogP contribution >= 0.6 is 11.3 Å². The van der Waals surface area contributed by atoms with Gasteiger partial charge in [-0.05, 0) is 23.4 Å². The van der Waals surface area contributed by atoms with Gasteiger partial charge in [0.1, 0.15) is 0 Å². The first kappa shape index (κ1) is 14.8. The van der Waals surface area contributed by atoms with E-state index in [1.54, 1.807) is 11.0 Å². The number of carbonyl (C=O) groups excluding carboxylic acids is 1. The van der Waals surface area contributed by atoms with Crippen LogP contribution in [0.15, 0.2) is 47.8 Å². The van der Waals surface area contributed by atoms with Crippen LogP contribution in [0.2, 0.25) is 0 Å². The summed E-state index contributed by atoms with van der Waals surface area (Å²) < 4.78 is 0. The van der Waals surface area contributed by atoms with E-state index in [-0.39, 0.29) is 18.4 Å². The Bertz CT molecular complexity index is 654. The minimum Gasteiger partial charge on any atom is -0.481 e. The maximum atomic E-state index is 12.5. The quantitative estimate of drug-likeness (QED) is 0.947. The Kier molecular flexibility index (Phi) is 4.24. The fourth-order valence-corrected chi connectivity index (χ4v) is 3.66. The van der Waals surface area contributed by atoms with Gasteiger partial charge < -0.3 is 10.0 Å². The van der Waals surface area contributed by atoms with Crippen LogP contribution in [0.4, 0.5) is 0 Å². The zero-order chi connectivity index (χ0) is 15.5. The largest absolute Gasteiger partial charge is 0.481 e. The molecule has 5 heteroatoms. The molecule has 2 unspecified atom stereocenters. The third-order valence-corrected chi connectivity index (χ3v) is 4.95. The SMILES string of the molecule is O=C(O)C1CC(c2ccccc2)CN(C(=O)c2cccs2)C1. The van der Waals surface area contributed by atoms with Crippen molar-refractivity contribution in [3.63, 3.8) is 0 Å². The van der Waals surface area contributed by atoms with Crippen LogP contribution in [0.1, 0.15) is 27.6 Å². The number of likely N-dealkylation sites (tertiary alicyclic amines) is 1. The molecular formula is C17H17NO3S. The van der Waals surface area contributed by atoms with Crippen LogP contribution < -0.4 is 0 Å². The number of carboxylic acid groups (broad SMARTS) is 1. The molecule has 0 spiro atoms. The summed E-state index contributed by atoms with van der Waals surface area (Å²) in [5.41, 5.74) is 1.09. The summed E-state index contributed by atoms with van der Waals surface area (Å²) in [5, 5.41) is 11.3. The third kappa shape index (κ3) is 3.04. The number of benzene rings is 1. The molecule has 4 nitrogen and oxygen atoms in total. The van der Waals surface area contributed by atoms with Crippen LogP contribution in [0.5, 0.6) is 0 Å². The van der Waals surface area contributed by atoms with E-state index in [4.69, 9.17) is 0 Å². The van der Waals surface area contributed by atoms with E-state index in [9.17, 15) is 14.7 Å².